The van der Waals surface area contributed by atoms with Crippen LogP contribution in [-0.2, 0) is 35.8 Å². The van der Waals surface area contributed by atoms with E-state index in [1.54, 1.807) is 23.5 Å². The van der Waals surface area contributed by atoms with Crippen molar-refractivity contribution in [2.45, 2.75) is 29.8 Å². The third kappa shape index (κ3) is 7.96. The van der Waals surface area contributed by atoms with Crippen LogP contribution < -0.4 is 10.6 Å². The lowest BCUT2D eigenvalue weighted by molar-refractivity contribution is -0.384. The van der Waals surface area contributed by atoms with Gasteiger partial charge in [-0.25, -0.2) is 4.79 Å². The van der Waals surface area contributed by atoms with Gasteiger partial charge in [0, 0.05) is 33.4 Å². The molecule has 3 aromatic carbocycles. The molecular formula is C31H27ClN4O9S3. The van der Waals surface area contributed by atoms with Gasteiger partial charge in [-0.05, 0) is 42.8 Å². The third-order valence-electron chi connectivity index (χ3n) is 7.19. The van der Waals surface area contributed by atoms with Crippen LogP contribution in [0.5, 0.6) is 0 Å². The third-order valence-corrected chi connectivity index (χ3v) is 10.8. The molecule has 1 unspecified atom stereocenters. The van der Waals surface area contributed by atoms with Crippen LogP contribution in [-0.4, -0.2) is 64.3 Å². The maximum Gasteiger partial charge on any atom is 0.356 e. The van der Waals surface area contributed by atoms with Crippen molar-refractivity contribution in [3.8, 4) is 0 Å². The number of thioether (sulfide) groups is 1. The Labute approximate surface area is 287 Å². The topological polar surface area (TPSA) is 185 Å². The summed E-state index contributed by atoms with van der Waals surface area (Å²) >= 11 is 9.19. The number of fused-ring (bicyclic) bond motifs is 2. The number of hydrogen-bond donors (Lipinski definition) is 3. The van der Waals surface area contributed by atoms with Crippen LogP contribution in [0.2, 0.25) is 0 Å². The van der Waals surface area contributed by atoms with Gasteiger partial charge in [0.05, 0.1) is 27.1 Å². The summed E-state index contributed by atoms with van der Waals surface area (Å²) < 4.78 is 36.0. The van der Waals surface area contributed by atoms with Crippen LogP contribution in [0, 0.1) is 17.0 Å². The smallest absolute Gasteiger partial charge is 0.356 e. The number of nitro benzene ring substituents is 1. The number of nitro groups is 1. The van der Waals surface area contributed by atoms with Crippen molar-refractivity contribution in [3.63, 3.8) is 0 Å². The lowest BCUT2D eigenvalue weighted by atomic mass is 10.0. The molecule has 250 valence electrons. The first kappa shape index (κ1) is 34.8. The minimum absolute atomic E-state index is 0.0113. The fraction of sp³-hybridized carbons (Fsp3) is 0.194. The minimum atomic E-state index is -4.02. The standard InChI is InChI=1S/C24H19ClN4O6S2.C7H8O3S/c25-16-11-37-23-20(27-19(30)9-26-17-12-36-18-4-2-1-3-15(17)18)22(31)28(23)21(16)24(32)35-10-13-5-7-14(8-6-13)29(33)34;1-6-2-4-7(5-3-6)11(8,9)10/h1-8,12,20,23,26H,9-11H2,(H,27,30);2-5H,1H3,(H,8,9,10)/t20?,23-;/m0./s1. The van der Waals surface area contributed by atoms with Gasteiger partial charge in [0.25, 0.3) is 21.7 Å². The van der Waals surface area contributed by atoms with E-state index in [4.69, 9.17) is 20.9 Å². The normalized spacial score (nSPS) is 17.1. The Bertz CT molecular complexity index is 2020. The monoisotopic (exact) mass is 730 g/mol. The van der Waals surface area contributed by atoms with Gasteiger partial charge in [-0.1, -0.05) is 47.5 Å². The molecule has 3 heterocycles. The Balaban J connectivity index is 0.000000349. The van der Waals surface area contributed by atoms with E-state index in [1.165, 1.54) is 53.1 Å². The fourth-order valence-electron chi connectivity index (χ4n) is 4.73. The zero-order valence-corrected chi connectivity index (χ0v) is 28.2. The summed E-state index contributed by atoms with van der Waals surface area (Å²) in [5, 5.41) is 19.3. The molecule has 2 aliphatic rings. The van der Waals surface area contributed by atoms with Gasteiger partial charge in [-0.15, -0.1) is 23.1 Å². The number of thiophene rings is 1. The summed E-state index contributed by atoms with van der Waals surface area (Å²) in [6.45, 7) is 1.68. The molecule has 1 fully saturated rings. The van der Waals surface area contributed by atoms with E-state index >= 15 is 0 Å². The average molecular weight is 731 g/mol. The summed E-state index contributed by atoms with van der Waals surface area (Å²) in [6, 6.07) is 18.6. The van der Waals surface area contributed by atoms with Gasteiger partial charge < -0.3 is 15.4 Å². The van der Waals surface area contributed by atoms with Crippen LogP contribution in [0.15, 0.2) is 93.8 Å². The van der Waals surface area contributed by atoms with Gasteiger partial charge in [-0.2, -0.15) is 8.42 Å². The molecule has 2 atom stereocenters. The first-order chi connectivity index (χ1) is 22.8. The summed E-state index contributed by atoms with van der Waals surface area (Å²) in [7, 11) is -4.02. The number of carbonyl (C=O) groups excluding carboxylic acids is 3. The molecule has 0 radical (unpaired) electrons. The second kappa shape index (κ2) is 14.7. The van der Waals surface area contributed by atoms with E-state index in [9.17, 15) is 32.9 Å². The van der Waals surface area contributed by atoms with Crippen molar-refractivity contribution in [2.24, 2.45) is 0 Å². The molecule has 6 rings (SSSR count). The molecule has 0 aliphatic carbocycles. The van der Waals surface area contributed by atoms with E-state index in [0.717, 1.165) is 21.3 Å². The van der Waals surface area contributed by atoms with E-state index < -0.39 is 38.3 Å². The molecule has 0 saturated carbocycles. The maximum atomic E-state index is 12.9. The minimum Gasteiger partial charge on any atom is -0.456 e. The number of β-lactam (4-membered cyclic amide) rings is 1. The zero-order valence-electron chi connectivity index (χ0n) is 25.0. The van der Waals surface area contributed by atoms with Gasteiger partial charge in [0.2, 0.25) is 5.91 Å². The number of ether oxygens (including phenoxy) is 1. The number of anilines is 1. The number of halogens is 1. The Morgan fingerprint density at radius 2 is 1.79 bits per heavy atom. The van der Waals surface area contributed by atoms with Crippen LogP contribution in [0.4, 0.5) is 11.4 Å². The van der Waals surface area contributed by atoms with Crippen molar-refractivity contribution in [2.75, 3.05) is 17.6 Å². The molecule has 2 aliphatic heterocycles. The molecule has 48 heavy (non-hydrogen) atoms. The number of esters is 1. The molecular weight excluding hydrogens is 704 g/mol. The van der Waals surface area contributed by atoms with E-state index in [2.05, 4.69) is 10.6 Å². The van der Waals surface area contributed by atoms with E-state index in [1.807, 2.05) is 36.6 Å². The predicted molar refractivity (Wildman–Crippen MR) is 182 cm³/mol. The summed E-state index contributed by atoms with van der Waals surface area (Å²) in [5.41, 5.74) is 2.22. The average Bonchev–Trinajstić information content (AvgIpc) is 3.48. The number of nitrogens with zero attached hydrogens (tertiary/aromatic N) is 2. The lowest BCUT2D eigenvalue weighted by Gasteiger charge is -2.49. The Hall–Kier alpha value is -4.48. The van der Waals surface area contributed by atoms with Crippen molar-refractivity contribution < 1.29 is 37.0 Å². The largest absolute Gasteiger partial charge is 0.456 e. The SMILES string of the molecule is Cc1ccc(S(=O)(=O)O)cc1.O=C(CNc1csc2ccccc12)NC1C(=O)N2C(C(=O)OCc3ccc([N+](=O)[O-])cc3)=C(Cl)CS[C@@H]12. The van der Waals surface area contributed by atoms with Crippen molar-refractivity contribution in [1.82, 2.24) is 10.2 Å². The van der Waals surface area contributed by atoms with E-state index in [-0.39, 0.29) is 46.1 Å². The summed E-state index contributed by atoms with van der Waals surface area (Å²) in [5.74, 6) is -1.30. The molecule has 17 heteroatoms. The highest BCUT2D eigenvalue weighted by Gasteiger charge is 2.54. The number of non-ortho nitro benzene ring substituents is 1. The van der Waals surface area contributed by atoms with Crippen molar-refractivity contribution in [3.05, 3.63) is 110 Å². The number of hydrogen-bond acceptors (Lipinski definition) is 11. The molecule has 2 amide bonds. The Kier molecular flexibility index (Phi) is 10.7. The molecule has 3 N–H and O–H groups in total. The van der Waals surface area contributed by atoms with Crippen LogP contribution in [0.25, 0.3) is 10.1 Å². The Morgan fingerprint density at radius 3 is 2.46 bits per heavy atom. The molecule has 0 spiro atoms. The molecule has 0 bridgehead atoms. The summed E-state index contributed by atoms with van der Waals surface area (Å²) in [4.78, 5) is 49.7. The number of benzene rings is 3. The number of amides is 2. The predicted octanol–water partition coefficient (Wildman–Crippen LogP) is 5.06. The first-order valence-corrected chi connectivity index (χ1v) is 17.9. The van der Waals surface area contributed by atoms with Crippen LogP contribution in [0.1, 0.15) is 11.1 Å². The molecule has 4 aromatic rings. The molecule has 13 nitrogen and oxygen atoms in total. The highest BCUT2D eigenvalue weighted by Crippen LogP contribution is 2.41. The lowest BCUT2D eigenvalue weighted by Crippen LogP contribution is -2.70. The van der Waals surface area contributed by atoms with Gasteiger partial charge in [-0.3, -0.25) is 29.2 Å². The second-order valence-corrected chi connectivity index (χ2v) is 14.4. The highest BCUT2D eigenvalue weighted by molar-refractivity contribution is 8.00. The highest BCUT2D eigenvalue weighted by atomic mass is 35.5. The van der Waals surface area contributed by atoms with Crippen LogP contribution in [0.3, 0.4) is 0 Å². The fourth-order valence-corrected chi connectivity index (χ4v) is 7.67. The van der Waals surface area contributed by atoms with Crippen LogP contribution >= 0.6 is 34.7 Å². The maximum absolute atomic E-state index is 12.9. The van der Waals surface area contributed by atoms with E-state index in [0.29, 0.717) is 5.56 Å². The number of carbonyl (C=O) groups is 3. The zero-order chi connectivity index (χ0) is 34.6. The number of nitrogens with one attached hydrogen (secondary N) is 2. The van der Waals surface area contributed by atoms with Gasteiger partial charge in [0.15, 0.2) is 0 Å². The van der Waals surface area contributed by atoms with Gasteiger partial charge in [0.1, 0.15) is 23.7 Å². The molecule has 1 saturated heterocycles. The van der Waals surface area contributed by atoms with Crippen molar-refractivity contribution in [1.29, 1.82) is 0 Å². The first-order valence-electron chi connectivity index (χ1n) is 14.1. The summed E-state index contributed by atoms with van der Waals surface area (Å²) in [6.07, 6.45) is 0. The quantitative estimate of drug-likeness (QED) is 0.0688. The van der Waals surface area contributed by atoms with Gasteiger partial charge >= 0.3 is 5.97 Å². The number of rotatable bonds is 9. The second-order valence-electron chi connectivity index (χ2n) is 10.5. The molecule has 1 aromatic heterocycles. The van der Waals surface area contributed by atoms with Crippen molar-refractivity contribution >= 4 is 84.1 Å². The Morgan fingerprint density at radius 1 is 1.10 bits per heavy atom. The number of aryl methyl sites for hydroxylation is 1.